The summed E-state index contributed by atoms with van der Waals surface area (Å²) >= 11 is 0. The first kappa shape index (κ1) is 101. The number of phosphoric acid groups is 2. The van der Waals surface area contributed by atoms with E-state index in [1.54, 1.807) is 24.3 Å². The van der Waals surface area contributed by atoms with Gasteiger partial charge in [0, 0.05) is 50.1 Å². The van der Waals surface area contributed by atoms with Gasteiger partial charge >= 0.3 is 39.5 Å². The number of esters is 4. The van der Waals surface area contributed by atoms with Crippen LogP contribution < -0.4 is 46.1 Å². The van der Waals surface area contributed by atoms with Crippen molar-refractivity contribution in [3.05, 3.63) is 290 Å². The van der Waals surface area contributed by atoms with E-state index in [0.717, 1.165) is 100 Å². The van der Waals surface area contributed by atoms with Gasteiger partial charge in [-0.05, 0) is 222 Å². The molecule has 18 heteroatoms. The zero-order valence-electron chi connectivity index (χ0n) is 86.6. The molecule has 10 aromatic rings. The molecule has 0 amide bonds. The highest BCUT2D eigenvalue weighted by atomic mass is 31.2. The molecule has 14 rings (SSSR count). The lowest BCUT2D eigenvalue weighted by Crippen LogP contribution is -2.19. The fourth-order valence-electron chi connectivity index (χ4n) is 18.4. The number of aryl methyl sites for hydroxylation is 8. The van der Waals surface area contributed by atoms with Crippen LogP contribution in [0, 0.1) is 55.4 Å². The van der Waals surface area contributed by atoms with Gasteiger partial charge in [0.2, 0.25) is 0 Å². The Hall–Kier alpha value is -10.7. The van der Waals surface area contributed by atoms with Crippen molar-refractivity contribution in [2.75, 3.05) is 0 Å². The summed E-state index contributed by atoms with van der Waals surface area (Å²) in [5.41, 5.74) is 19.5. The maximum atomic E-state index is 15.9. The van der Waals surface area contributed by atoms with E-state index in [0.29, 0.717) is 102 Å². The van der Waals surface area contributed by atoms with E-state index in [4.69, 9.17) is 46.1 Å². The second-order valence-corrected chi connectivity index (χ2v) is 51.0. The minimum atomic E-state index is -4.64. The Morgan fingerprint density at radius 2 is 0.440 bits per heavy atom. The van der Waals surface area contributed by atoms with Crippen molar-refractivity contribution in [2.45, 2.75) is 341 Å². The van der Waals surface area contributed by atoms with Crippen molar-refractivity contribution in [2.24, 2.45) is 0 Å². The molecule has 4 unspecified atom stereocenters. The molecule has 16 nitrogen and oxygen atoms in total. The van der Waals surface area contributed by atoms with E-state index >= 15 is 9.13 Å². The number of hydrogen-bond donors (Lipinski definition) is 0. The van der Waals surface area contributed by atoms with Gasteiger partial charge in [-0.2, -0.15) is 9.13 Å². The normalized spacial score (nSPS) is 17.4. The van der Waals surface area contributed by atoms with E-state index in [-0.39, 0.29) is 72.6 Å². The maximum absolute atomic E-state index is 15.9. The lowest BCUT2D eigenvalue weighted by molar-refractivity contribution is -0.134. The summed E-state index contributed by atoms with van der Waals surface area (Å²) in [7, 11) is -9.13. The van der Waals surface area contributed by atoms with Gasteiger partial charge in [-0.15, -0.1) is 0 Å². The van der Waals surface area contributed by atoms with Crippen LogP contribution in [0.5, 0.6) is 57.5 Å². The summed E-state index contributed by atoms with van der Waals surface area (Å²) in [5.74, 6) is 0.322. The number of rotatable bonds is 16. The molecule has 0 fully saturated rings. The number of benzene rings is 10. The number of ether oxygens (including phenoxy) is 4. The quantitative estimate of drug-likeness (QED) is 0.0503. The van der Waals surface area contributed by atoms with Crippen LogP contribution in [0.1, 0.15) is 376 Å². The van der Waals surface area contributed by atoms with Crippen LogP contribution in [0.25, 0.3) is 0 Å². The molecule has 0 bridgehead atoms. The standard InChI is InChI=1S/C62H79O8P.C54H63O8P/c1-34-25-38(49-43-29-41(58(8,9)10)32-46(61(17,18)19)53(43)66-55(49)63)26-35(2)51(34)69-71(65,68-48-24-23-40(57(5,6)7)31-45(48)60(14,15)16)70-52-36(3)27-39(28-37(52)4)50-44-30-42(59(11,12)13)33-47(62(20,21)22)54(44)67-56(50)64;1-30-22-34(43-39-26-36(51(5,6)7)28-41(53(11,12)13)47(39)58-49(43)55)23-31(2)45(30)61-63(57,60-38-20-18-17-19-21-38)62-46-32(3)24-35(25-33(46)4)44-40-27-37(52(8,9)10)29-42(54(14,15)16)48(40)59-50(44)56/h23-33,49-50H,1-22H3;17-29,43-44H,1-16H3. The van der Waals surface area contributed by atoms with Gasteiger partial charge in [0.15, 0.2) is 0 Å². The van der Waals surface area contributed by atoms with Crippen molar-refractivity contribution < 1.29 is 74.4 Å². The van der Waals surface area contributed by atoms with Gasteiger partial charge in [0.1, 0.15) is 81.2 Å². The summed E-state index contributed by atoms with van der Waals surface area (Å²) in [6.45, 7) is 79.3. The van der Waals surface area contributed by atoms with Gasteiger partial charge in [-0.1, -0.05) is 335 Å². The highest BCUT2D eigenvalue weighted by Crippen LogP contribution is 2.60. The number of carbonyl (C=O) groups is 4. The van der Waals surface area contributed by atoms with Gasteiger partial charge in [-0.25, -0.2) is 0 Å². The molecule has 134 heavy (non-hydrogen) atoms. The highest BCUT2D eigenvalue weighted by Gasteiger charge is 2.48. The second kappa shape index (κ2) is 34.9. The van der Waals surface area contributed by atoms with E-state index < -0.39 is 44.7 Å². The van der Waals surface area contributed by atoms with Gasteiger partial charge in [-0.3, -0.25) is 19.2 Å². The number of fused-ring (bicyclic) bond motifs is 4. The highest BCUT2D eigenvalue weighted by molar-refractivity contribution is 7.50. The van der Waals surface area contributed by atoms with E-state index in [1.807, 2.05) is 122 Å². The first-order valence-electron chi connectivity index (χ1n) is 47.0. The van der Waals surface area contributed by atoms with Crippen LogP contribution in [0.2, 0.25) is 0 Å². The molecule has 0 aromatic heterocycles. The predicted molar refractivity (Wildman–Crippen MR) is 538 cm³/mol. The first-order valence-corrected chi connectivity index (χ1v) is 49.9. The number of carbonyl (C=O) groups excluding carboxylic acids is 4. The van der Waals surface area contributed by atoms with Crippen molar-refractivity contribution >= 4 is 39.5 Å². The summed E-state index contributed by atoms with van der Waals surface area (Å²) in [6.07, 6.45) is 0. The van der Waals surface area contributed by atoms with Crippen molar-refractivity contribution in [3.8, 4) is 57.5 Å². The minimum absolute atomic E-state index is 0.161. The van der Waals surface area contributed by atoms with E-state index in [9.17, 15) is 19.2 Å². The lowest BCUT2D eigenvalue weighted by atomic mass is 9.77. The molecule has 0 radical (unpaired) electrons. The molecular formula is C116H142O16P2. The Morgan fingerprint density at radius 3 is 0.649 bits per heavy atom. The molecule has 4 heterocycles. The van der Waals surface area contributed by atoms with Crippen molar-refractivity contribution in [1.29, 1.82) is 0 Å². The molecule has 712 valence electrons. The first-order chi connectivity index (χ1) is 61.3. The minimum Gasteiger partial charge on any atom is -0.425 e. The third-order valence-electron chi connectivity index (χ3n) is 26.1. The van der Waals surface area contributed by atoms with E-state index in [1.165, 1.54) is 0 Å². The Labute approximate surface area is 797 Å². The topological polar surface area (TPSA) is 195 Å². The molecule has 0 N–H and O–H groups in total. The maximum Gasteiger partial charge on any atom is 0.647 e. The monoisotopic (exact) mass is 1850 g/mol. The molecule has 10 aromatic carbocycles. The molecule has 4 aliphatic rings. The largest absolute Gasteiger partial charge is 0.647 e. The average Bonchev–Trinajstić information content (AvgIpc) is 1.59. The Morgan fingerprint density at radius 1 is 0.231 bits per heavy atom. The molecule has 0 saturated heterocycles. The fourth-order valence-corrected chi connectivity index (χ4v) is 21.5. The van der Waals surface area contributed by atoms with Crippen LogP contribution in [-0.4, -0.2) is 23.9 Å². The summed E-state index contributed by atoms with van der Waals surface area (Å²) in [4.78, 5) is 55.6. The van der Waals surface area contributed by atoms with Crippen LogP contribution in [0.15, 0.2) is 146 Å². The Balaban J connectivity index is 0.000000229. The fraction of sp³-hybridized carbons (Fsp3) is 0.448. The van der Waals surface area contributed by atoms with Crippen LogP contribution >= 0.6 is 15.6 Å². The smallest absolute Gasteiger partial charge is 0.425 e. The molecular weight excluding hydrogens is 1710 g/mol. The van der Waals surface area contributed by atoms with Gasteiger partial charge in [0.25, 0.3) is 0 Å². The lowest BCUT2D eigenvalue weighted by Gasteiger charge is -2.29. The second-order valence-electron chi connectivity index (χ2n) is 48.1. The van der Waals surface area contributed by atoms with Crippen molar-refractivity contribution in [1.82, 2.24) is 0 Å². The summed E-state index contributed by atoms with van der Waals surface area (Å²) in [6, 6.07) is 47.0. The van der Waals surface area contributed by atoms with Gasteiger partial charge < -0.3 is 46.1 Å². The van der Waals surface area contributed by atoms with Crippen LogP contribution in [0.3, 0.4) is 0 Å². The number of para-hydroxylation sites is 1. The summed E-state index contributed by atoms with van der Waals surface area (Å²) < 4.78 is 94.6. The third kappa shape index (κ3) is 20.6. The SMILES string of the molecule is Cc1cc(C2C(=O)Oc3c2cc(C(C)(C)C)cc3C(C)(C)C)cc(C)c1OP(=O)(Oc1ccc(C(C)(C)C)cc1C(C)(C)C)Oc1c(C)cc(C2C(=O)Oc3c2cc(C(C)(C)C)cc3C(C)(C)C)cc1C.Cc1cc(C2C(=O)Oc3c2cc(C(C)(C)C)cc3C(C)(C)C)cc(C)c1OP(=O)(Oc1ccccc1)Oc1c(C)cc(C2C(=O)Oc3c2cc(C(C)(C)C)cc3C(C)(C)C)cc1C. The zero-order valence-corrected chi connectivity index (χ0v) is 88.4. The molecule has 4 atom stereocenters. The van der Waals surface area contributed by atoms with Gasteiger partial charge in [0.05, 0.1) is 0 Å². The molecule has 0 saturated carbocycles. The predicted octanol–water partition coefficient (Wildman–Crippen LogP) is 30.3. The van der Waals surface area contributed by atoms with Crippen molar-refractivity contribution in [3.63, 3.8) is 0 Å². The number of phosphoric ester groups is 2. The Bertz CT molecular complexity index is 6080. The molecule has 0 spiro atoms. The molecule has 0 aliphatic carbocycles. The zero-order chi connectivity index (χ0) is 99.4. The van der Waals surface area contributed by atoms with E-state index in [2.05, 4.69) is 262 Å². The summed E-state index contributed by atoms with van der Waals surface area (Å²) in [5, 5.41) is 0. The third-order valence-corrected chi connectivity index (χ3v) is 28.5. The molecule has 4 aliphatic heterocycles. The van der Waals surface area contributed by atoms with Crippen LogP contribution in [-0.2, 0) is 82.5 Å². The number of hydrogen-bond acceptors (Lipinski definition) is 16. The van der Waals surface area contributed by atoms with Crippen LogP contribution in [0.4, 0.5) is 0 Å². The Kier molecular flexibility index (Phi) is 26.2. The average molecular weight is 1850 g/mol.